The molecular weight excluding hydrogens is 400 g/mol. The van der Waals surface area contributed by atoms with Gasteiger partial charge in [0.2, 0.25) is 16.9 Å². The topological polar surface area (TPSA) is 84.4 Å². The normalized spacial score (nSPS) is 21.5. The molecule has 1 aromatic heterocycles. The van der Waals surface area contributed by atoms with E-state index in [1.54, 1.807) is 7.11 Å². The molecule has 160 valence electrons. The Kier molecular flexibility index (Phi) is 6.32. The molecular formula is C22H28N4O3S. The highest BCUT2D eigenvalue weighted by Gasteiger charge is 2.40. The molecule has 1 N–H and O–H groups in total. The lowest BCUT2D eigenvalue weighted by atomic mass is 9.83. The zero-order chi connectivity index (χ0) is 21.1. The maximum atomic E-state index is 13.3. The van der Waals surface area contributed by atoms with Crippen LogP contribution in [0, 0.1) is 5.92 Å². The van der Waals surface area contributed by atoms with Crippen LogP contribution in [0.25, 0.3) is 0 Å². The van der Waals surface area contributed by atoms with Crippen LogP contribution >= 0.6 is 11.3 Å². The third-order valence-corrected chi connectivity index (χ3v) is 6.85. The van der Waals surface area contributed by atoms with Gasteiger partial charge >= 0.3 is 0 Å². The second-order valence-electron chi connectivity index (χ2n) is 8.01. The van der Waals surface area contributed by atoms with E-state index in [0.29, 0.717) is 30.4 Å². The first-order chi connectivity index (χ1) is 14.6. The van der Waals surface area contributed by atoms with E-state index >= 15 is 0 Å². The molecule has 2 aliphatic rings. The van der Waals surface area contributed by atoms with Crippen LogP contribution in [-0.4, -0.2) is 40.6 Å². The Balaban J connectivity index is 1.58. The molecule has 1 saturated heterocycles. The van der Waals surface area contributed by atoms with Crippen LogP contribution in [0.3, 0.4) is 0 Å². The summed E-state index contributed by atoms with van der Waals surface area (Å²) < 4.78 is 5.28. The lowest BCUT2D eigenvalue weighted by Crippen LogP contribution is -2.47. The Morgan fingerprint density at radius 1 is 1.23 bits per heavy atom. The summed E-state index contributed by atoms with van der Waals surface area (Å²) in [5.41, 5.74) is 0.955. The number of benzene rings is 1. The number of unbranched alkanes of at least 4 members (excludes halogenated alkanes) is 1. The number of amides is 2. The Bertz CT molecular complexity index is 894. The Morgan fingerprint density at radius 2 is 2.00 bits per heavy atom. The fourth-order valence-corrected chi connectivity index (χ4v) is 4.93. The Morgan fingerprint density at radius 3 is 2.67 bits per heavy atom. The fourth-order valence-electron chi connectivity index (χ4n) is 4.01. The van der Waals surface area contributed by atoms with Crippen LogP contribution in [0.15, 0.2) is 24.3 Å². The van der Waals surface area contributed by atoms with E-state index < -0.39 is 0 Å². The summed E-state index contributed by atoms with van der Waals surface area (Å²) in [5, 5.41) is 12.9. The number of hydrogen-bond donors (Lipinski definition) is 1. The monoisotopic (exact) mass is 428 g/mol. The molecule has 7 nitrogen and oxygen atoms in total. The number of nitrogens with zero attached hydrogens (tertiary/aromatic N) is 3. The summed E-state index contributed by atoms with van der Waals surface area (Å²) in [6, 6.07) is 7.39. The van der Waals surface area contributed by atoms with E-state index in [9.17, 15) is 9.59 Å². The summed E-state index contributed by atoms with van der Waals surface area (Å²) in [4.78, 5) is 27.9. The number of carbonyl (C=O) groups is 2. The average Bonchev–Trinajstić information content (AvgIpc) is 3.51. The van der Waals surface area contributed by atoms with Gasteiger partial charge < -0.3 is 15.0 Å². The van der Waals surface area contributed by atoms with Gasteiger partial charge in [0, 0.05) is 18.9 Å². The minimum Gasteiger partial charge on any atom is -0.497 e. The van der Waals surface area contributed by atoms with E-state index in [4.69, 9.17) is 4.74 Å². The van der Waals surface area contributed by atoms with E-state index in [-0.39, 0.29) is 23.8 Å². The van der Waals surface area contributed by atoms with Crippen LogP contribution in [-0.2, 0) is 9.59 Å². The van der Waals surface area contributed by atoms with Gasteiger partial charge in [0.25, 0.3) is 0 Å². The van der Waals surface area contributed by atoms with Gasteiger partial charge in [-0.1, -0.05) is 36.8 Å². The summed E-state index contributed by atoms with van der Waals surface area (Å²) in [7, 11) is 1.63. The zero-order valence-electron chi connectivity index (χ0n) is 17.5. The van der Waals surface area contributed by atoms with Crippen molar-refractivity contribution >= 4 is 28.3 Å². The summed E-state index contributed by atoms with van der Waals surface area (Å²) >= 11 is 1.46. The highest BCUT2D eigenvalue weighted by molar-refractivity contribution is 7.15. The van der Waals surface area contributed by atoms with Crippen LogP contribution in [0.5, 0.6) is 5.75 Å². The van der Waals surface area contributed by atoms with Gasteiger partial charge in [-0.15, -0.1) is 10.2 Å². The van der Waals surface area contributed by atoms with Crippen molar-refractivity contribution in [3.05, 3.63) is 34.8 Å². The summed E-state index contributed by atoms with van der Waals surface area (Å²) in [5.74, 6) is 0.949. The van der Waals surface area contributed by atoms with E-state index in [1.807, 2.05) is 29.2 Å². The molecule has 4 rings (SSSR count). The average molecular weight is 429 g/mol. The molecule has 0 bridgehead atoms. The minimum absolute atomic E-state index is 0.0942. The maximum Gasteiger partial charge on any atom is 0.231 e. The van der Waals surface area contributed by atoms with Crippen LogP contribution in [0.2, 0.25) is 0 Å². The number of hydrogen-bond acceptors (Lipinski definition) is 6. The smallest absolute Gasteiger partial charge is 0.231 e. The van der Waals surface area contributed by atoms with Gasteiger partial charge in [0.15, 0.2) is 0 Å². The third kappa shape index (κ3) is 4.48. The molecule has 1 aliphatic carbocycles. The van der Waals surface area contributed by atoms with Gasteiger partial charge in [-0.3, -0.25) is 9.59 Å². The van der Waals surface area contributed by atoms with Crippen molar-refractivity contribution in [2.45, 2.75) is 57.4 Å². The number of nitrogens with one attached hydrogen (secondary N) is 1. The molecule has 8 heteroatoms. The number of ether oxygens (including phenoxy) is 1. The zero-order valence-corrected chi connectivity index (χ0v) is 18.3. The van der Waals surface area contributed by atoms with Crippen molar-refractivity contribution in [3.63, 3.8) is 0 Å². The Labute approximate surface area is 180 Å². The fraction of sp³-hybridized carbons (Fsp3) is 0.545. The van der Waals surface area contributed by atoms with Gasteiger partial charge in [-0.05, 0) is 43.4 Å². The first-order valence-corrected chi connectivity index (χ1v) is 11.5. The molecule has 0 unspecified atom stereocenters. The SMILES string of the molecule is CCCCN1C(=O)CC[C@H](C(=O)Nc2nnc(C3CC3)s2)[C@H]1c1ccc(OC)cc1. The van der Waals surface area contributed by atoms with Crippen molar-refractivity contribution in [2.24, 2.45) is 5.92 Å². The lowest BCUT2D eigenvalue weighted by Gasteiger charge is -2.40. The van der Waals surface area contributed by atoms with Crippen molar-refractivity contribution < 1.29 is 14.3 Å². The number of methoxy groups -OCH3 is 1. The number of likely N-dealkylation sites (tertiary alicyclic amines) is 1. The van der Waals surface area contributed by atoms with Crippen molar-refractivity contribution in [3.8, 4) is 5.75 Å². The standard InChI is InChI=1S/C22H28N4O3S/c1-3-4-13-26-18(27)12-11-17(19(26)14-7-9-16(29-2)10-8-14)20(28)23-22-25-24-21(30-22)15-5-6-15/h7-10,15,17,19H,3-6,11-13H2,1-2H3,(H,23,25,28)/t17-,19+/m0/s1. The van der Waals surface area contributed by atoms with E-state index in [1.165, 1.54) is 11.3 Å². The molecule has 30 heavy (non-hydrogen) atoms. The second kappa shape index (κ2) is 9.12. The molecule has 1 aromatic carbocycles. The van der Waals surface area contributed by atoms with Crippen LogP contribution in [0.4, 0.5) is 5.13 Å². The number of aromatic nitrogens is 2. The van der Waals surface area contributed by atoms with Gasteiger partial charge in [0.1, 0.15) is 10.8 Å². The van der Waals surface area contributed by atoms with Crippen LogP contribution in [0.1, 0.15) is 68.0 Å². The number of rotatable bonds is 8. The molecule has 0 spiro atoms. The Hall–Kier alpha value is -2.48. The molecule has 2 amide bonds. The lowest BCUT2D eigenvalue weighted by molar-refractivity contribution is -0.142. The van der Waals surface area contributed by atoms with Gasteiger partial charge in [-0.25, -0.2) is 0 Å². The number of carbonyl (C=O) groups excluding carboxylic acids is 2. The highest BCUT2D eigenvalue weighted by atomic mass is 32.1. The summed E-state index contributed by atoms with van der Waals surface area (Å²) in [6.07, 6.45) is 5.12. The van der Waals surface area contributed by atoms with Crippen molar-refractivity contribution in [2.75, 3.05) is 19.0 Å². The largest absolute Gasteiger partial charge is 0.497 e. The third-order valence-electron chi connectivity index (χ3n) is 5.85. The number of piperidine rings is 1. The van der Waals surface area contributed by atoms with E-state index in [0.717, 1.165) is 42.0 Å². The van der Waals surface area contributed by atoms with Gasteiger partial charge in [-0.2, -0.15) is 0 Å². The minimum atomic E-state index is -0.332. The molecule has 0 radical (unpaired) electrons. The first-order valence-electron chi connectivity index (χ1n) is 10.7. The second-order valence-corrected chi connectivity index (χ2v) is 9.02. The molecule has 2 aromatic rings. The first kappa shape index (κ1) is 20.8. The molecule has 1 saturated carbocycles. The molecule has 2 fully saturated rings. The summed E-state index contributed by atoms with van der Waals surface area (Å²) in [6.45, 7) is 2.76. The molecule has 2 atom stereocenters. The van der Waals surface area contributed by atoms with Gasteiger partial charge in [0.05, 0.1) is 19.1 Å². The van der Waals surface area contributed by atoms with Crippen molar-refractivity contribution in [1.82, 2.24) is 15.1 Å². The van der Waals surface area contributed by atoms with Crippen LogP contribution < -0.4 is 10.1 Å². The molecule has 2 heterocycles. The predicted molar refractivity (Wildman–Crippen MR) is 116 cm³/mol. The van der Waals surface area contributed by atoms with Crippen molar-refractivity contribution in [1.29, 1.82) is 0 Å². The maximum absolute atomic E-state index is 13.3. The van der Waals surface area contributed by atoms with E-state index in [2.05, 4.69) is 22.4 Å². The highest BCUT2D eigenvalue weighted by Crippen LogP contribution is 2.42. The quantitative estimate of drug-likeness (QED) is 0.683. The molecule has 1 aliphatic heterocycles. The predicted octanol–water partition coefficient (Wildman–Crippen LogP) is 4.14. The number of anilines is 1.